The first-order valence-corrected chi connectivity index (χ1v) is 6.73. The molecule has 0 saturated carbocycles. The summed E-state index contributed by atoms with van der Waals surface area (Å²) in [5.74, 6) is -0.305. The highest BCUT2D eigenvalue weighted by molar-refractivity contribution is 5.91. The average Bonchev–Trinajstić information content (AvgIpc) is 2.88. The number of carbonyl (C=O) groups excluding carboxylic acids is 1. The molecule has 1 saturated heterocycles. The van der Waals surface area contributed by atoms with Gasteiger partial charge >= 0.3 is 0 Å². The van der Waals surface area contributed by atoms with Crippen molar-refractivity contribution in [1.82, 2.24) is 9.88 Å². The van der Waals surface area contributed by atoms with Gasteiger partial charge in [0.1, 0.15) is 17.6 Å². The molecule has 1 N–H and O–H groups in total. The van der Waals surface area contributed by atoms with Crippen molar-refractivity contribution in [2.75, 3.05) is 25.0 Å². The van der Waals surface area contributed by atoms with Crippen LogP contribution >= 0.6 is 0 Å². The smallest absolute Gasteiger partial charge is 0.149 e. The van der Waals surface area contributed by atoms with Gasteiger partial charge in [0.05, 0.1) is 6.54 Å². The number of aldehydes is 1. The standard InChI is InChI=1S/C15H16FN3O/c16-13-3-1-2-12-14(4-6-17-15(12)13)18-11-5-7-19(10-11)8-9-20/h1-4,6,9,11H,5,7-8,10H2,(H,17,18)/t11-/m1/s1. The summed E-state index contributed by atoms with van der Waals surface area (Å²) in [6.07, 6.45) is 3.53. The molecule has 20 heavy (non-hydrogen) atoms. The largest absolute Gasteiger partial charge is 0.380 e. The lowest BCUT2D eigenvalue weighted by molar-refractivity contribution is -0.108. The monoisotopic (exact) mass is 273 g/mol. The number of likely N-dealkylation sites (tertiary alicyclic amines) is 1. The number of para-hydroxylation sites is 1. The molecule has 5 heteroatoms. The van der Waals surface area contributed by atoms with Crippen molar-refractivity contribution in [3.05, 3.63) is 36.3 Å². The number of hydrogen-bond donors (Lipinski definition) is 1. The molecule has 1 fully saturated rings. The van der Waals surface area contributed by atoms with Crippen LogP contribution in [0.3, 0.4) is 0 Å². The topological polar surface area (TPSA) is 45.2 Å². The van der Waals surface area contributed by atoms with Crippen LogP contribution in [0.5, 0.6) is 0 Å². The summed E-state index contributed by atoms with van der Waals surface area (Å²) in [4.78, 5) is 16.7. The zero-order chi connectivity index (χ0) is 13.9. The number of hydrogen-bond acceptors (Lipinski definition) is 4. The first-order valence-electron chi connectivity index (χ1n) is 6.73. The maximum Gasteiger partial charge on any atom is 0.149 e. The van der Waals surface area contributed by atoms with Gasteiger partial charge in [-0.1, -0.05) is 12.1 Å². The Bertz CT molecular complexity index is 632. The van der Waals surface area contributed by atoms with E-state index in [2.05, 4.69) is 15.2 Å². The normalized spacial score (nSPS) is 19.4. The Labute approximate surface area is 116 Å². The van der Waals surface area contributed by atoms with E-state index in [1.54, 1.807) is 12.3 Å². The third-order valence-electron chi connectivity index (χ3n) is 3.69. The summed E-state index contributed by atoms with van der Waals surface area (Å²) in [7, 11) is 0. The van der Waals surface area contributed by atoms with Crippen molar-refractivity contribution in [3.63, 3.8) is 0 Å². The Morgan fingerprint density at radius 2 is 2.35 bits per heavy atom. The van der Waals surface area contributed by atoms with Gasteiger partial charge in [-0.05, 0) is 18.6 Å². The molecule has 0 spiro atoms. The molecule has 2 aromatic rings. The van der Waals surface area contributed by atoms with Crippen molar-refractivity contribution in [2.45, 2.75) is 12.5 Å². The quantitative estimate of drug-likeness (QED) is 0.866. The Hall–Kier alpha value is -2.01. The van der Waals surface area contributed by atoms with Crippen molar-refractivity contribution < 1.29 is 9.18 Å². The number of rotatable bonds is 4. The number of pyridine rings is 1. The molecule has 3 rings (SSSR count). The van der Waals surface area contributed by atoms with Gasteiger partial charge in [-0.2, -0.15) is 0 Å². The van der Waals surface area contributed by atoms with Crippen LogP contribution in [0.1, 0.15) is 6.42 Å². The molecule has 0 radical (unpaired) electrons. The van der Waals surface area contributed by atoms with Gasteiger partial charge in [0.15, 0.2) is 0 Å². The molecule has 0 unspecified atom stereocenters. The van der Waals surface area contributed by atoms with Crippen LogP contribution in [0.15, 0.2) is 30.5 Å². The van der Waals surface area contributed by atoms with Crippen LogP contribution in [0.25, 0.3) is 10.9 Å². The van der Waals surface area contributed by atoms with Crippen molar-refractivity contribution >= 4 is 22.9 Å². The molecule has 0 aliphatic carbocycles. The maximum atomic E-state index is 13.7. The first-order chi connectivity index (χ1) is 9.78. The molecular formula is C15H16FN3O. The van der Waals surface area contributed by atoms with Gasteiger partial charge in [0.2, 0.25) is 0 Å². The second-order valence-electron chi connectivity index (χ2n) is 5.05. The van der Waals surface area contributed by atoms with Crippen molar-refractivity contribution in [2.24, 2.45) is 0 Å². The molecule has 1 aliphatic rings. The molecule has 1 aromatic heterocycles. The zero-order valence-corrected chi connectivity index (χ0v) is 11.1. The number of aromatic nitrogens is 1. The van der Waals surface area contributed by atoms with E-state index in [-0.39, 0.29) is 11.9 Å². The Balaban J connectivity index is 1.82. The van der Waals surface area contributed by atoms with Crippen LogP contribution < -0.4 is 5.32 Å². The average molecular weight is 273 g/mol. The summed E-state index contributed by atoms with van der Waals surface area (Å²) in [5.41, 5.74) is 1.28. The highest BCUT2D eigenvalue weighted by Crippen LogP contribution is 2.25. The number of halogens is 1. The van der Waals surface area contributed by atoms with Gasteiger partial charge in [0, 0.05) is 36.4 Å². The van der Waals surface area contributed by atoms with Crippen molar-refractivity contribution in [1.29, 1.82) is 0 Å². The van der Waals surface area contributed by atoms with Crippen LogP contribution in [0, 0.1) is 5.82 Å². The molecule has 4 nitrogen and oxygen atoms in total. The summed E-state index contributed by atoms with van der Waals surface area (Å²) in [5, 5.41) is 4.23. The fourth-order valence-electron chi connectivity index (χ4n) is 2.71. The fraction of sp³-hybridized carbons (Fsp3) is 0.333. The van der Waals surface area contributed by atoms with E-state index in [1.807, 2.05) is 12.1 Å². The van der Waals surface area contributed by atoms with Gasteiger partial charge in [0.25, 0.3) is 0 Å². The highest BCUT2D eigenvalue weighted by atomic mass is 19.1. The number of nitrogens with one attached hydrogen (secondary N) is 1. The highest BCUT2D eigenvalue weighted by Gasteiger charge is 2.22. The minimum Gasteiger partial charge on any atom is -0.380 e. The minimum atomic E-state index is -0.305. The second-order valence-corrected chi connectivity index (χ2v) is 5.05. The van der Waals surface area contributed by atoms with Crippen LogP contribution in [-0.2, 0) is 4.79 Å². The molecule has 0 bridgehead atoms. The molecular weight excluding hydrogens is 257 g/mol. The summed E-state index contributed by atoms with van der Waals surface area (Å²) < 4.78 is 13.7. The van der Waals surface area contributed by atoms with E-state index >= 15 is 0 Å². The van der Waals surface area contributed by atoms with E-state index in [1.165, 1.54) is 6.07 Å². The number of carbonyl (C=O) groups is 1. The number of nitrogens with zero attached hydrogens (tertiary/aromatic N) is 2. The Kier molecular flexibility index (Phi) is 3.60. The van der Waals surface area contributed by atoms with Gasteiger partial charge < -0.3 is 10.1 Å². The van der Waals surface area contributed by atoms with E-state index in [9.17, 15) is 9.18 Å². The molecule has 1 aliphatic heterocycles. The second kappa shape index (κ2) is 5.54. The molecule has 1 aromatic carbocycles. The minimum absolute atomic E-state index is 0.281. The zero-order valence-electron chi connectivity index (χ0n) is 11.1. The Morgan fingerprint density at radius 1 is 1.45 bits per heavy atom. The van der Waals surface area contributed by atoms with Gasteiger partial charge in [-0.15, -0.1) is 0 Å². The maximum absolute atomic E-state index is 13.7. The number of benzene rings is 1. The van der Waals surface area contributed by atoms with E-state index < -0.39 is 0 Å². The summed E-state index contributed by atoms with van der Waals surface area (Å²) in [6.45, 7) is 2.22. The predicted octanol–water partition coefficient (Wildman–Crippen LogP) is 2.06. The van der Waals surface area contributed by atoms with Gasteiger partial charge in [-0.3, -0.25) is 9.88 Å². The SMILES string of the molecule is O=CCN1CC[C@@H](Nc2ccnc3c(F)cccc23)C1. The van der Waals surface area contributed by atoms with Crippen LogP contribution in [0.4, 0.5) is 10.1 Å². The van der Waals surface area contributed by atoms with Crippen LogP contribution in [-0.4, -0.2) is 41.8 Å². The van der Waals surface area contributed by atoms with Gasteiger partial charge in [-0.25, -0.2) is 4.39 Å². The van der Waals surface area contributed by atoms with E-state index in [0.717, 1.165) is 36.9 Å². The van der Waals surface area contributed by atoms with E-state index in [4.69, 9.17) is 0 Å². The lowest BCUT2D eigenvalue weighted by atomic mass is 10.1. The number of anilines is 1. The summed E-state index contributed by atoms with van der Waals surface area (Å²) >= 11 is 0. The number of fused-ring (bicyclic) bond motifs is 1. The van der Waals surface area contributed by atoms with Crippen LogP contribution in [0.2, 0.25) is 0 Å². The predicted molar refractivity (Wildman–Crippen MR) is 76.2 cm³/mol. The molecule has 1 atom stereocenters. The molecule has 104 valence electrons. The first kappa shape index (κ1) is 13.0. The third-order valence-corrected chi connectivity index (χ3v) is 3.69. The fourth-order valence-corrected chi connectivity index (χ4v) is 2.71. The lowest BCUT2D eigenvalue weighted by Crippen LogP contribution is -2.27. The molecule has 0 amide bonds. The third kappa shape index (κ3) is 2.49. The lowest BCUT2D eigenvalue weighted by Gasteiger charge is -2.16. The molecule has 2 heterocycles. The van der Waals surface area contributed by atoms with E-state index in [0.29, 0.717) is 12.1 Å². The Morgan fingerprint density at radius 3 is 3.20 bits per heavy atom. The van der Waals surface area contributed by atoms with Crippen molar-refractivity contribution in [3.8, 4) is 0 Å². The summed E-state index contributed by atoms with van der Waals surface area (Å²) in [6, 6.07) is 7.12.